The van der Waals surface area contributed by atoms with Crippen LogP contribution in [0, 0.1) is 0 Å². The molecule has 0 unspecified atom stereocenters. The summed E-state index contributed by atoms with van der Waals surface area (Å²) in [5.41, 5.74) is 0. The zero-order valence-electron chi connectivity index (χ0n) is 17.4. The average molecular weight is 464 g/mol. The summed E-state index contributed by atoms with van der Waals surface area (Å²) in [6.07, 6.45) is 7.81. The molecule has 2 aliphatic rings. The Kier molecular flexibility index (Phi) is 7.54. The van der Waals surface area contributed by atoms with E-state index in [2.05, 4.69) is 9.88 Å². The predicted molar refractivity (Wildman–Crippen MR) is 121 cm³/mol. The lowest BCUT2D eigenvalue weighted by Crippen LogP contribution is -2.50. The third kappa shape index (κ3) is 6.03. The number of likely N-dealkylation sites (tertiary alicyclic amines) is 2. The quantitative estimate of drug-likeness (QED) is 0.638. The first kappa shape index (κ1) is 22.2. The molecule has 2 saturated heterocycles. The van der Waals surface area contributed by atoms with E-state index in [9.17, 15) is 4.79 Å². The minimum absolute atomic E-state index is 0.00562. The smallest absolute Gasteiger partial charge is 0.260 e. The van der Waals surface area contributed by atoms with E-state index in [4.69, 9.17) is 32.7 Å². The molecule has 0 aliphatic carbocycles. The molecule has 2 fully saturated rings. The zero-order valence-corrected chi connectivity index (χ0v) is 18.9. The van der Waals surface area contributed by atoms with E-state index in [0.29, 0.717) is 21.8 Å². The number of halogens is 2. The van der Waals surface area contributed by atoms with Gasteiger partial charge in [0.1, 0.15) is 17.6 Å². The molecular formula is C23H27Cl2N3O3. The fourth-order valence-electron chi connectivity index (χ4n) is 4.27. The monoisotopic (exact) mass is 463 g/mol. The van der Waals surface area contributed by atoms with Crippen LogP contribution in [0.3, 0.4) is 0 Å². The lowest BCUT2D eigenvalue weighted by atomic mass is 9.99. The molecule has 31 heavy (non-hydrogen) atoms. The molecule has 0 spiro atoms. The summed E-state index contributed by atoms with van der Waals surface area (Å²) in [5, 5.41) is 0.953. The maximum absolute atomic E-state index is 12.5. The molecule has 0 bridgehead atoms. The van der Waals surface area contributed by atoms with Crippen molar-refractivity contribution in [1.29, 1.82) is 0 Å². The maximum Gasteiger partial charge on any atom is 0.260 e. The van der Waals surface area contributed by atoms with Gasteiger partial charge in [-0.05, 0) is 56.0 Å². The van der Waals surface area contributed by atoms with Crippen LogP contribution < -0.4 is 9.47 Å². The number of hydrogen-bond acceptors (Lipinski definition) is 5. The van der Waals surface area contributed by atoms with Crippen molar-refractivity contribution in [3.8, 4) is 11.5 Å². The van der Waals surface area contributed by atoms with Crippen LogP contribution in [0.15, 0.2) is 42.7 Å². The Morgan fingerprint density at radius 1 is 1.00 bits per heavy atom. The summed E-state index contributed by atoms with van der Waals surface area (Å²) in [6.45, 7) is 3.58. The first-order chi connectivity index (χ1) is 15.1. The molecule has 0 radical (unpaired) electrons. The van der Waals surface area contributed by atoms with Gasteiger partial charge in [-0.2, -0.15) is 0 Å². The second kappa shape index (κ2) is 10.5. The van der Waals surface area contributed by atoms with Crippen molar-refractivity contribution in [2.75, 3.05) is 32.8 Å². The highest BCUT2D eigenvalue weighted by atomic mass is 35.5. The fourth-order valence-corrected chi connectivity index (χ4v) is 4.73. The summed E-state index contributed by atoms with van der Waals surface area (Å²) in [6, 6.07) is 9.33. The van der Waals surface area contributed by atoms with Gasteiger partial charge < -0.3 is 14.4 Å². The number of carbonyl (C=O) groups is 1. The number of rotatable bonds is 6. The Labute approximate surface area is 193 Å². The first-order valence-corrected chi connectivity index (χ1v) is 11.5. The van der Waals surface area contributed by atoms with Crippen molar-refractivity contribution in [3.63, 3.8) is 0 Å². The Morgan fingerprint density at radius 3 is 2.39 bits per heavy atom. The van der Waals surface area contributed by atoms with E-state index in [1.165, 1.54) is 0 Å². The topological polar surface area (TPSA) is 54.9 Å². The molecule has 8 heteroatoms. The number of aromatic nitrogens is 1. The van der Waals surface area contributed by atoms with E-state index in [0.717, 1.165) is 57.6 Å². The van der Waals surface area contributed by atoms with Crippen LogP contribution in [0.1, 0.15) is 25.7 Å². The van der Waals surface area contributed by atoms with Gasteiger partial charge >= 0.3 is 0 Å². The summed E-state index contributed by atoms with van der Waals surface area (Å²) >= 11 is 12.0. The number of pyridine rings is 1. The Balaban J connectivity index is 1.18. The highest BCUT2D eigenvalue weighted by molar-refractivity contribution is 6.35. The second-order valence-electron chi connectivity index (χ2n) is 8.01. The largest absolute Gasteiger partial charge is 0.490 e. The van der Waals surface area contributed by atoms with Crippen LogP contribution in [-0.2, 0) is 4.79 Å². The standard InChI is InChI=1S/C23H27Cl2N3O3/c24-17-1-2-22(21(25)15-17)30-16-23(29)28-11-5-18(6-12-28)27-13-7-20(8-14-27)31-19-3-9-26-10-4-19/h1-4,9-10,15,18,20H,5-8,11-14,16H2. The van der Waals surface area contributed by atoms with Gasteiger partial charge in [-0.1, -0.05) is 23.2 Å². The summed E-state index contributed by atoms with van der Waals surface area (Å²) in [7, 11) is 0. The fraction of sp³-hybridized carbons (Fsp3) is 0.478. The van der Waals surface area contributed by atoms with Crippen LogP contribution in [0.25, 0.3) is 0 Å². The maximum atomic E-state index is 12.5. The number of nitrogens with zero attached hydrogens (tertiary/aromatic N) is 3. The molecule has 0 saturated carbocycles. The van der Waals surface area contributed by atoms with Crippen LogP contribution in [0.2, 0.25) is 10.0 Å². The SMILES string of the molecule is O=C(COc1ccc(Cl)cc1Cl)N1CCC(N2CCC(Oc3ccncc3)CC2)CC1. The normalized spacial score (nSPS) is 18.7. The Bertz CT molecular complexity index is 868. The minimum atomic E-state index is -0.0102. The summed E-state index contributed by atoms with van der Waals surface area (Å²) in [4.78, 5) is 21.0. The van der Waals surface area contributed by atoms with Gasteiger partial charge in [-0.3, -0.25) is 14.7 Å². The summed E-state index contributed by atoms with van der Waals surface area (Å²) < 4.78 is 11.7. The van der Waals surface area contributed by atoms with Crippen molar-refractivity contribution in [3.05, 3.63) is 52.8 Å². The predicted octanol–water partition coefficient (Wildman–Crippen LogP) is 4.30. The van der Waals surface area contributed by atoms with E-state index >= 15 is 0 Å². The number of piperidine rings is 2. The van der Waals surface area contributed by atoms with Crippen LogP contribution in [0.4, 0.5) is 0 Å². The van der Waals surface area contributed by atoms with Gasteiger partial charge in [0.25, 0.3) is 5.91 Å². The molecule has 1 aromatic heterocycles. The molecule has 4 rings (SSSR count). The third-order valence-corrected chi connectivity index (χ3v) is 6.54. The van der Waals surface area contributed by atoms with Crippen molar-refractivity contribution in [1.82, 2.24) is 14.8 Å². The van der Waals surface area contributed by atoms with Gasteiger partial charge in [0, 0.05) is 49.6 Å². The lowest BCUT2D eigenvalue weighted by molar-refractivity contribution is -0.135. The van der Waals surface area contributed by atoms with Gasteiger partial charge in [0.2, 0.25) is 0 Å². The highest BCUT2D eigenvalue weighted by Gasteiger charge is 2.30. The molecule has 166 valence electrons. The van der Waals surface area contributed by atoms with Gasteiger partial charge in [0.15, 0.2) is 6.61 Å². The van der Waals surface area contributed by atoms with Crippen molar-refractivity contribution in [2.24, 2.45) is 0 Å². The Morgan fingerprint density at radius 2 is 1.71 bits per heavy atom. The molecule has 2 aliphatic heterocycles. The third-order valence-electron chi connectivity index (χ3n) is 6.01. The van der Waals surface area contributed by atoms with Crippen molar-refractivity contribution in [2.45, 2.75) is 37.8 Å². The number of amides is 1. The van der Waals surface area contributed by atoms with Crippen LogP contribution >= 0.6 is 23.2 Å². The first-order valence-electron chi connectivity index (χ1n) is 10.7. The summed E-state index contributed by atoms with van der Waals surface area (Å²) in [5.74, 6) is 1.36. The average Bonchev–Trinajstić information content (AvgIpc) is 2.80. The van der Waals surface area contributed by atoms with E-state index in [-0.39, 0.29) is 18.6 Å². The minimum Gasteiger partial charge on any atom is -0.490 e. The molecular weight excluding hydrogens is 437 g/mol. The molecule has 2 aromatic rings. The number of hydrogen-bond donors (Lipinski definition) is 0. The highest BCUT2D eigenvalue weighted by Crippen LogP contribution is 2.28. The van der Waals surface area contributed by atoms with E-state index in [1.807, 2.05) is 17.0 Å². The van der Waals surface area contributed by atoms with Crippen LogP contribution in [0.5, 0.6) is 11.5 Å². The number of carbonyl (C=O) groups excluding carboxylic acids is 1. The zero-order chi connectivity index (χ0) is 21.6. The molecule has 1 amide bonds. The molecule has 0 N–H and O–H groups in total. The van der Waals surface area contributed by atoms with Crippen molar-refractivity contribution >= 4 is 29.1 Å². The number of ether oxygens (including phenoxy) is 2. The lowest BCUT2D eigenvalue weighted by Gasteiger charge is -2.41. The van der Waals surface area contributed by atoms with E-state index < -0.39 is 0 Å². The molecule has 1 aromatic carbocycles. The molecule has 3 heterocycles. The van der Waals surface area contributed by atoms with Crippen LogP contribution in [-0.4, -0.2) is 65.6 Å². The molecule has 0 atom stereocenters. The van der Waals surface area contributed by atoms with Gasteiger partial charge in [-0.25, -0.2) is 0 Å². The second-order valence-corrected chi connectivity index (χ2v) is 8.86. The Hall–Kier alpha value is -2.02. The van der Waals surface area contributed by atoms with Gasteiger partial charge in [0.05, 0.1) is 5.02 Å². The molecule has 6 nitrogen and oxygen atoms in total. The van der Waals surface area contributed by atoms with E-state index in [1.54, 1.807) is 30.6 Å². The van der Waals surface area contributed by atoms with Crippen molar-refractivity contribution < 1.29 is 14.3 Å². The number of benzene rings is 1. The van der Waals surface area contributed by atoms with Gasteiger partial charge in [-0.15, -0.1) is 0 Å².